The third-order valence-corrected chi connectivity index (χ3v) is 2.72. The van der Waals surface area contributed by atoms with Crippen LogP contribution in [0.5, 0.6) is 0 Å². The van der Waals surface area contributed by atoms with E-state index in [4.69, 9.17) is 5.11 Å². The molecule has 0 aliphatic rings. The van der Waals surface area contributed by atoms with E-state index >= 15 is 0 Å². The molecule has 1 heterocycles. The molecule has 2 amide bonds. The zero-order chi connectivity index (χ0) is 15.6. The first kappa shape index (κ1) is 14.5. The highest BCUT2D eigenvalue weighted by molar-refractivity contribution is 6.00. The number of aromatic carboxylic acids is 1. The molecule has 3 N–H and O–H groups in total. The quantitative estimate of drug-likeness (QED) is 0.808. The molecular formula is C13H13FN4O3. The van der Waals surface area contributed by atoms with Gasteiger partial charge in [0.2, 0.25) is 0 Å². The highest BCUT2D eigenvalue weighted by Gasteiger charge is 2.12. The van der Waals surface area contributed by atoms with Crippen LogP contribution in [0.3, 0.4) is 0 Å². The van der Waals surface area contributed by atoms with Crippen LogP contribution < -0.4 is 10.6 Å². The van der Waals surface area contributed by atoms with Crippen LogP contribution in [-0.2, 0) is 7.05 Å². The van der Waals surface area contributed by atoms with Gasteiger partial charge in [0.25, 0.3) is 0 Å². The molecule has 7 nitrogen and oxygen atoms in total. The van der Waals surface area contributed by atoms with Crippen molar-refractivity contribution < 1.29 is 19.1 Å². The van der Waals surface area contributed by atoms with Crippen LogP contribution in [0.15, 0.2) is 24.4 Å². The summed E-state index contributed by atoms with van der Waals surface area (Å²) in [6, 6.07) is 2.76. The van der Waals surface area contributed by atoms with E-state index < -0.39 is 23.4 Å². The molecule has 0 aliphatic heterocycles. The number of carboxylic acids is 1. The van der Waals surface area contributed by atoms with Gasteiger partial charge >= 0.3 is 12.0 Å². The molecule has 21 heavy (non-hydrogen) atoms. The molecule has 1 aromatic heterocycles. The minimum atomic E-state index is -1.37. The smallest absolute Gasteiger partial charge is 0.338 e. The Hall–Kier alpha value is -2.90. The molecule has 8 heteroatoms. The molecule has 0 saturated carbocycles. The first-order valence-electron chi connectivity index (χ1n) is 5.98. The van der Waals surface area contributed by atoms with Crippen LogP contribution in [0.4, 0.5) is 20.6 Å². The Bertz CT molecular complexity index is 711. The van der Waals surface area contributed by atoms with Crippen molar-refractivity contribution in [3.05, 3.63) is 41.5 Å². The number of anilines is 2. The van der Waals surface area contributed by atoms with Crippen LogP contribution in [0.1, 0.15) is 16.1 Å². The molecule has 0 saturated heterocycles. The molecule has 0 spiro atoms. The van der Waals surface area contributed by atoms with Crippen molar-refractivity contribution in [2.24, 2.45) is 7.05 Å². The summed E-state index contributed by atoms with van der Waals surface area (Å²) in [7, 11) is 1.72. The fourth-order valence-corrected chi connectivity index (χ4v) is 1.77. The summed E-state index contributed by atoms with van der Waals surface area (Å²) in [6.07, 6.45) is 1.63. The second-order valence-corrected chi connectivity index (χ2v) is 4.38. The van der Waals surface area contributed by atoms with E-state index in [0.717, 1.165) is 12.1 Å². The summed E-state index contributed by atoms with van der Waals surface area (Å²) < 4.78 is 15.0. The first-order chi connectivity index (χ1) is 9.86. The van der Waals surface area contributed by atoms with E-state index in [0.29, 0.717) is 11.4 Å². The molecular weight excluding hydrogens is 279 g/mol. The maximum absolute atomic E-state index is 13.5. The molecule has 0 unspecified atom stereocenters. The number of urea groups is 1. The Morgan fingerprint density at radius 1 is 1.33 bits per heavy atom. The zero-order valence-corrected chi connectivity index (χ0v) is 11.3. The molecule has 0 radical (unpaired) electrons. The van der Waals surface area contributed by atoms with Gasteiger partial charge in [0.1, 0.15) is 5.82 Å². The number of amides is 2. The Morgan fingerprint density at radius 2 is 2.05 bits per heavy atom. The number of nitrogens with one attached hydrogen (secondary N) is 2. The number of halogens is 1. The Labute approximate surface area is 119 Å². The van der Waals surface area contributed by atoms with E-state index in [2.05, 4.69) is 15.7 Å². The van der Waals surface area contributed by atoms with Crippen molar-refractivity contribution >= 4 is 23.4 Å². The van der Waals surface area contributed by atoms with E-state index in [-0.39, 0.29) is 5.69 Å². The third kappa shape index (κ3) is 3.35. The van der Waals surface area contributed by atoms with E-state index in [1.165, 1.54) is 6.07 Å². The lowest BCUT2D eigenvalue weighted by atomic mass is 10.2. The average molecular weight is 292 g/mol. The zero-order valence-electron chi connectivity index (χ0n) is 11.3. The molecule has 0 fully saturated rings. The van der Waals surface area contributed by atoms with E-state index in [1.807, 2.05) is 0 Å². The lowest BCUT2D eigenvalue weighted by molar-refractivity contribution is 0.0692. The van der Waals surface area contributed by atoms with Gasteiger partial charge in [0.15, 0.2) is 0 Å². The van der Waals surface area contributed by atoms with Crippen molar-refractivity contribution in [3.63, 3.8) is 0 Å². The number of hydrogen-bond donors (Lipinski definition) is 3. The number of rotatable bonds is 3. The van der Waals surface area contributed by atoms with Crippen molar-refractivity contribution in [1.82, 2.24) is 9.78 Å². The molecule has 0 aliphatic carbocycles. The van der Waals surface area contributed by atoms with Gasteiger partial charge in [-0.05, 0) is 25.1 Å². The maximum atomic E-state index is 13.5. The Kier molecular flexibility index (Phi) is 3.88. The fraction of sp³-hybridized carbons (Fsp3) is 0.154. The summed E-state index contributed by atoms with van der Waals surface area (Å²) in [5.74, 6) is -2.28. The van der Waals surface area contributed by atoms with Gasteiger partial charge in [-0.3, -0.25) is 4.68 Å². The largest absolute Gasteiger partial charge is 0.478 e. The van der Waals surface area contributed by atoms with Crippen LogP contribution >= 0.6 is 0 Å². The standard InChI is InChI=1S/C13H13FN4O3/c1-7-11(6-18(2)17-7)16-13(21)15-8-3-4-9(12(19)20)10(14)5-8/h3-6H,1-2H3,(H,19,20)(H2,15,16,21). The minimum absolute atomic E-state index is 0.150. The van der Waals surface area contributed by atoms with Gasteiger partial charge in [0.05, 0.1) is 16.9 Å². The van der Waals surface area contributed by atoms with Crippen molar-refractivity contribution in [2.75, 3.05) is 10.6 Å². The highest BCUT2D eigenvalue weighted by atomic mass is 19.1. The molecule has 2 aromatic rings. The SMILES string of the molecule is Cc1nn(C)cc1NC(=O)Nc1ccc(C(=O)O)c(F)c1. The number of carbonyl (C=O) groups excluding carboxylic acids is 1. The summed E-state index contributed by atoms with van der Waals surface area (Å²) in [6.45, 7) is 1.73. The van der Waals surface area contributed by atoms with Crippen molar-refractivity contribution in [1.29, 1.82) is 0 Å². The summed E-state index contributed by atoms with van der Waals surface area (Å²) in [5.41, 5.74) is 0.860. The fourth-order valence-electron chi connectivity index (χ4n) is 1.77. The summed E-state index contributed by atoms with van der Waals surface area (Å²) in [5, 5.41) is 17.8. The number of carbonyl (C=O) groups is 2. The Morgan fingerprint density at radius 3 is 2.57 bits per heavy atom. The molecule has 2 rings (SSSR count). The summed E-state index contributed by atoms with van der Waals surface area (Å²) >= 11 is 0. The van der Waals surface area contributed by atoms with Gasteiger partial charge in [-0.15, -0.1) is 0 Å². The van der Waals surface area contributed by atoms with Crippen molar-refractivity contribution in [3.8, 4) is 0 Å². The molecule has 1 aromatic carbocycles. The van der Waals surface area contributed by atoms with Gasteiger partial charge in [-0.1, -0.05) is 0 Å². The van der Waals surface area contributed by atoms with Crippen LogP contribution in [-0.4, -0.2) is 26.9 Å². The minimum Gasteiger partial charge on any atom is -0.478 e. The third-order valence-electron chi connectivity index (χ3n) is 2.72. The maximum Gasteiger partial charge on any atom is 0.338 e. The lowest BCUT2D eigenvalue weighted by Crippen LogP contribution is -2.19. The summed E-state index contributed by atoms with van der Waals surface area (Å²) in [4.78, 5) is 22.5. The van der Waals surface area contributed by atoms with Crippen LogP contribution in [0.2, 0.25) is 0 Å². The Balaban J connectivity index is 2.08. The second kappa shape index (κ2) is 5.61. The van der Waals surface area contributed by atoms with Gasteiger partial charge in [-0.2, -0.15) is 5.10 Å². The topological polar surface area (TPSA) is 96.3 Å². The predicted molar refractivity (Wildman–Crippen MR) is 73.9 cm³/mol. The number of nitrogens with zero attached hydrogens (tertiary/aromatic N) is 2. The first-order valence-corrected chi connectivity index (χ1v) is 5.98. The number of aromatic nitrogens is 2. The molecule has 0 atom stereocenters. The van der Waals surface area contributed by atoms with Gasteiger partial charge in [-0.25, -0.2) is 14.0 Å². The molecule has 110 valence electrons. The normalized spacial score (nSPS) is 10.2. The van der Waals surface area contributed by atoms with Gasteiger partial charge in [0, 0.05) is 18.9 Å². The van der Waals surface area contributed by atoms with Crippen LogP contribution in [0.25, 0.3) is 0 Å². The number of aryl methyl sites for hydroxylation is 2. The number of benzene rings is 1. The highest BCUT2D eigenvalue weighted by Crippen LogP contribution is 2.16. The predicted octanol–water partition coefficient (Wildman–Crippen LogP) is 2.21. The van der Waals surface area contributed by atoms with Gasteiger partial charge < -0.3 is 15.7 Å². The van der Waals surface area contributed by atoms with Crippen molar-refractivity contribution in [2.45, 2.75) is 6.92 Å². The lowest BCUT2D eigenvalue weighted by Gasteiger charge is -2.07. The number of carboxylic acid groups (broad SMARTS) is 1. The van der Waals surface area contributed by atoms with E-state index in [1.54, 1.807) is 24.9 Å². The van der Waals surface area contributed by atoms with Crippen LogP contribution in [0, 0.1) is 12.7 Å². The monoisotopic (exact) mass is 292 g/mol. The second-order valence-electron chi connectivity index (χ2n) is 4.38. The average Bonchev–Trinajstić information content (AvgIpc) is 2.67. The van der Waals surface area contributed by atoms with E-state index in [9.17, 15) is 14.0 Å². The molecule has 0 bridgehead atoms. The number of hydrogen-bond acceptors (Lipinski definition) is 3.